The van der Waals surface area contributed by atoms with E-state index in [1.54, 1.807) is 11.8 Å². The van der Waals surface area contributed by atoms with E-state index in [1.807, 2.05) is 13.2 Å². The van der Waals surface area contributed by atoms with E-state index in [0.717, 1.165) is 30.1 Å². The van der Waals surface area contributed by atoms with E-state index in [1.165, 1.54) is 24.1 Å². The predicted molar refractivity (Wildman–Crippen MR) is 89.1 cm³/mol. The lowest BCUT2D eigenvalue weighted by molar-refractivity contribution is -0.129. The highest BCUT2D eigenvalue weighted by molar-refractivity contribution is 7.98. The van der Waals surface area contributed by atoms with Gasteiger partial charge in [0.2, 0.25) is 5.91 Å². The molecule has 0 saturated heterocycles. The van der Waals surface area contributed by atoms with Crippen LogP contribution < -0.4 is 5.32 Å². The summed E-state index contributed by atoms with van der Waals surface area (Å²) < 4.78 is 0. The van der Waals surface area contributed by atoms with Crippen LogP contribution in [-0.2, 0) is 24.1 Å². The van der Waals surface area contributed by atoms with Crippen molar-refractivity contribution >= 4 is 17.7 Å². The number of rotatable bonds is 7. The van der Waals surface area contributed by atoms with Crippen molar-refractivity contribution in [1.29, 1.82) is 0 Å². The van der Waals surface area contributed by atoms with Crippen LogP contribution in [0.15, 0.2) is 0 Å². The lowest BCUT2D eigenvalue weighted by Gasteiger charge is -2.17. The number of amides is 1. The summed E-state index contributed by atoms with van der Waals surface area (Å²) in [5, 5.41) is 12.5. The fourth-order valence-corrected chi connectivity index (χ4v) is 3.19. The number of nitrogens with one attached hydrogen (secondary N) is 1. The van der Waals surface area contributed by atoms with Gasteiger partial charge in [0.1, 0.15) is 11.9 Å². The molecule has 1 amide bonds. The van der Waals surface area contributed by atoms with Gasteiger partial charge in [0, 0.05) is 24.4 Å². The van der Waals surface area contributed by atoms with Gasteiger partial charge >= 0.3 is 0 Å². The fourth-order valence-electron chi connectivity index (χ4n) is 2.73. The van der Waals surface area contributed by atoms with E-state index in [0.29, 0.717) is 19.4 Å². The zero-order valence-corrected chi connectivity index (χ0v) is 14.2. The summed E-state index contributed by atoms with van der Waals surface area (Å²) in [6, 6.07) is 0. The Labute approximate surface area is 136 Å². The van der Waals surface area contributed by atoms with Crippen LogP contribution in [0, 0.1) is 6.92 Å². The third kappa shape index (κ3) is 4.68. The molecule has 0 bridgehead atoms. The van der Waals surface area contributed by atoms with Crippen molar-refractivity contribution in [2.24, 2.45) is 0 Å². The smallest absolute Gasteiger partial charge is 0.248 e. The maximum atomic E-state index is 11.7. The average molecular weight is 323 g/mol. The Morgan fingerprint density at radius 3 is 2.91 bits per heavy atom. The molecule has 1 aliphatic rings. The SMILES string of the molecule is CSCC[C@H](O)C(=O)NCCc1nc(C)c2c(n1)CCCC2. The summed E-state index contributed by atoms with van der Waals surface area (Å²) in [6.45, 7) is 2.51. The molecule has 5 nitrogen and oxygen atoms in total. The van der Waals surface area contributed by atoms with Gasteiger partial charge in [-0.25, -0.2) is 9.97 Å². The van der Waals surface area contributed by atoms with Crippen LogP contribution in [-0.4, -0.2) is 45.6 Å². The normalized spacial score (nSPS) is 15.2. The maximum absolute atomic E-state index is 11.7. The van der Waals surface area contributed by atoms with Gasteiger partial charge in [-0.2, -0.15) is 11.8 Å². The number of aromatic nitrogens is 2. The van der Waals surface area contributed by atoms with Gasteiger partial charge in [-0.3, -0.25) is 4.79 Å². The standard InChI is InChI=1S/C16H25N3O2S/c1-11-12-5-3-4-6-13(12)19-15(18-11)7-9-17-16(21)14(20)8-10-22-2/h14,20H,3-10H2,1-2H3,(H,17,21)/t14-/m0/s1. The summed E-state index contributed by atoms with van der Waals surface area (Å²) in [7, 11) is 0. The topological polar surface area (TPSA) is 75.1 Å². The Kier molecular flexibility index (Phi) is 6.64. The van der Waals surface area contributed by atoms with E-state index in [9.17, 15) is 9.90 Å². The van der Waals surface area contributed by atoms with Gasteiger partial charge in [-0.05, 0) is 56.6 Å². The molecule has 0 aromatic carbocycles. The number of carbonyl (C=O) groups excluding carboxylic acids is 1. The number of hydrogen-bond donors (Lipinski definition) is 2. The second kappa shape index (κ2) is 8.48. The van der Waals surface area contributed by atoms with Crippen molar-refractivity contribution in [2.45, 2.75) is 51.6 Å². The molecule has 22 heavy (non-hydrogen) atoms. The summed E-state index contributed by atoms with van der Waals surface area (Å²) in [4.78, 5) is 20.9. The molecule has 1 atom stereocenters. The maximum Gasteiger partial charge on any atom is 0.248 e. The number of carbonyl (C=O) groups is 1. The van der Waals surface area contributed by atoms with E-state index in [-0.39, 0.29) is 5.91 Å². The molecule has 0 radical (unpaired) electrons. The number of thioether (sulfide) groups is 1. The first-order valence-corrected chi connectivity index (χ1v) is 9.31. The largest absolute Gasteiger partial charge is 0.383 e. The predicted octanol–water partition coefficient (Wildman–Crippen LogP) is 1.44. The highest BCUT2D eigenvalue weighted by Crippen LogP contribution is 2.21. The molecule has 0 aliphatic heterocycles. The van der Waals surface area contributed by atoms with Crippen LogP contribution in [0.4, 0.5) is 0 Å². The van der Waals surface area contributed by atoms with E-state index < -0.39 is 6.10 Å². The number of hydrogen-bond acceptors (Lipinski definition) is 5. The minimum Gasteiger partial charge on any atom is -0.383 e. The third-order valence-electron chi connectivity index (χ3n) is 3.98. The first kappa shape index (κ1) is 17.2. The summed E-state index contributed by atoms with van der Waals surface area (Å²) in [6.07, 6.45) is 6.67. The van der Waals surface area contributed by atoms with E-state index >= 15 is 0 Å². The van der Waals surface area contributed by atoms with Crippen LogP contribution in [0.1, 0.15) is 42.0 Å². The Bertz CT molecular complexity index is 522. The van der Waals surface area contributed by atoms with Gasteiger partial charge in [-0.1, -0.05) is 0 Å². The molecule has 0 unspecified atom stereocenters. The monoisotopic (exact) mass is 323 g/mol. The van der Waals surface area contributed by atoms with Crippen molar-refractivity contribution in [3.05, 3.63) is 22.8 Å². The lowest BCUT2D eigenvalue weighted by atomic mass is 9.95. The Balaban J connectivity index is 1.84. The van der Waals surface area contributed by atoms with Crippen LogP contribution >= 0.6 is 11.8 Å². The first-order chi connectivity index (χ1) is 10.6. The minimum atomic E-state index is -0.918. The first-order valence-electron chi connectivity index (χ1n) is 7.91. The molecule has 1 heterocycles. The molecular weight excluding hydrogens is 298 g/mol. The second-order valence-electron chi connectivity index (χ2n) is 5.70. The van der Waals surface area contributed by atoms with Gasteiger partial charge < -0.3 is 10.4 Å². The quantitative estimate of drug-likeness (QED) is 0.794. The Morgan fingerprint density at radius 1 is 1.36 bits per heavy atom. The molecule has 6 heteroatoms. The number of nitrogens with zero attached hydrogens (tertiary/aromatic N) is 2. The molecule has 122 valence electrons. The molecular formula is C16H25N3O2S. The fraction of sp³-hybridized carbons (Fsp3) is 0.688. The minimum absolute atomic E-state index is 0.302. The number of aryl methyl sites for hydroxylation is 2. The van der Waals surface area contributed by atoms with Gasteiger partial charge in [0.25, 0.3) is 0 Å². The summed E-state index contributed by atoms with van der Waals surface area (Å²) in [5.41, 5.74) is 3.57. The van der Waals surface area contributed by atoms with E-state index in [4.69, 9.17) is 0 Å². The molecule has 2 rings (SSSR count). The molecule has 1 aromatic rings. The Morgan fingerprint density at radius 2 is 2.14 bits per heavy atom. The number of aliphatic hydroxyl groups excluding tert-OH is 1. The number of aliphatic hydroxyl groups is 1. The highest BCUT2D eigenvalue weighted by atomic mass is 32.2. The van der Waals surface area contributed by atoms with Gasteiger partial charge in [0.15, 0.2) is 0 Å². The molecule has 0 saturated carbocycles. The van der Waals surface area contributed by atoms with Crippen molar-refractivity contribution in [3.63, 3.8) is 0 Å². The molecule has 2 N–H and O–H groups in total. The van der Waals surface area contributed by atoms with Gasteiger partial charge in [-0.15, -0.1) is 0 Å². The molecule has 1 aliphatic carbocycles. The van der Waals surface area contributed by atoms with Crippen LogP contribution in [0.5, 0.6) is 0 Å². The van der Waals surface area contributed by atoms with Crippen molar-refractivity contribution in [2.75, 3.05) is 18.6 Å². The van der Waals surface area contributed by atoms with Crippen LogP contribution in [0.25, 0.3) is 0 Å². The number of fused-ring (bicyclic) bond motifs is 1. The average Bonchev–Trinajstić information content (AvgIpc) is 2.52. The summed E-state index contributed by atoms with van der Waals surface area (Å²) >= 11 is 1.62. The molecule has 0 spiro atoms. The van der Waals surface area contributed by atoms with Crippen LogP contribution in [0.3, 0.4) is 0 Å². The highest BCUT2D eigenvalue weighted by Gasteiger charge is 2.16. The van der Waals surface area contributed by atoms with Crippen molar-refractivity contribution < 1.29 is 9.90 Å². The lowest BCUT2D eigenvalue weighted by Crippen LogP contribution is -2.36. The second-order valence-corrected chi connectivity index (χ2v) is 6.68. The molecule has 1 aromatic heterocycles. The van der Waals surface area contributed by atoms with Crippen molar-refractivity contribution in [3.8, 4) is 0 Å². The Hall–Kier alpha value is -1.14. The summed E-state index contributed by atoms with van der Waals surface area (Å²) in [5.74, 6) is 1.27. The zero-order valence-electron chi connectivity index (χ0n) is 13.4. The van der Waals surface area contributed by atoms with E-state index in [2.05, 4.69) is 15.3 Å². The van der Waals surface area contributed by atoms with Crippen molar-refractivity contribution in [1.82, 2.24) is 15.3 Å². The molecule has 0 fully saturated rings. The third-order valence-corrected chi connectivity index (χ3v) is 4.63. The van der Waals surface area contributed by atoms with Gasteiger partial charge in [0.05, 0.1) is 0 Å². The van der Waals surface area contributed by atoms with Crippen LogP contribution in [0.2, 0.25) is 0 Å². The zero-order chi connectivity index (χ0) is 15.9.